The normalized spacial score (nSPS) is 10.7. The molecular weight excluding hydrogens is 264 g/mol. The van der Waals surface area contributed by atoms with Crippen molar-refractivity contribution in [1.29, 1.82) is 0 Å². The minimum Gasteiger partial charge on any atom is -0.326 e. The molecule has 3 rings (SSSR count). The molecule has 100 valence electrons. The van der Waals surface area contributed by atoms with Gasteiger partial charge in [0.05, 0.1) is 10.7 Å². The molecule has 3 aromatic rings. The van der Waals surface area contributed by atoms with Crippen LogP contribution in [0.4, 0.5) is 0 Å². The van der Waals surface area contributed by atoms with E-state index in [2.05, 4.69) is 36.4 Å². The van der Waals surface area contributed by atoms with Crippen molar-refractivity contribution in [3.05, 3.63) is 76.1 Å². The molecule has 2 aromatic carbocycles. The van der Waals surface area contributed by atoms with Gasteiger partial charge in [-0.05, 0) is 5.56 Å². The maximum absolute atomic E-state index is 5.87. The van der Waals surface area contributed by atoms with E-state index in [1.807, 2.05) is 24.3 Å². The van der Waals surface area contributed by atoms with Gasteiger partial charge in [-0.15, -0.1) is 11.3 Å². The second kappa shape index (κ2) is 5.99. The molecule has 0 spiro atoms. The van der Waals surface area contributed by atoms with Gasteiger partial charge < -0.3 is 5.73 Å². The monoisotopic (exact) mass is 280 g/mol. The second-order valence-electron chi connectivity index (χ2n) is 4.61. The molecule has 2 nitrogen and oxygen atoms in total. The first-order valence-electron chi connectivity index (χ1n) is 6.65. The van der Waals surface area contributed by atoms with Crippen LogP contribution in [-0.2, 0) is 13.0 Å². The van der Waals surface area contributed by atoms with E-state index in [0.29, 0.717) is 6.54 Å². The molecule has 1 aromatic heterocycles. The summed E-state index contributed by atoms with van der Waals surface area (Å²) in [5.41, 5.74) is 9.32. The average molecular weight is 280 g/mol. The molecule has 0 aliphatic carbocycles. The molecule has 0 aliphatic rings. The van der Waals surface area contributed by atoms with Crippen molar-refractivity contribution in [1.82, 2.24) is 4.98 Å². The summed E-state index contributed by atoms with van der Waals surface area (Å²) in [6, 6.07) is 20.7. The van der Waals surface area contributed by atoms with Gasteiger partial charge in [-0.25, -0.2) is 4.98 Å². The van der Waals surface area contributed by atoms with Crippen LogP contribution < -0.4 is 5.73 Å². The quantitative estimate of drug-likeness (QED) is 0.788. The van der Waals surface area contributed by atoms with Gasteiger partial charge in [0.2, 0.25) is 0 Å². The summed E-state index contributed by atoms with van der Waals surface area (Å²) < 4.78 is 0. The van der Waals surface area contributed by atoms with Crippen molar-refractivity contribution in [2.75, 3.05) is 0 Å². The van der Waals surface area contributed by atoms with Crippen LogP contribution in [0.15, 0.2) is 60.7 Å². The molecule has 0 aliphatic heterocycles. The molecule has 0 saturated carbocycles. The first-order chi connectivity index (χ1) is 9.86. The number of aromatic nitrogens is 1. The predicted molar refractivity (Wildman–Crippen MR) is 84.7 cm³/mol. The zero-order chi connectivity index (χ0) is 13.8. The lowest BCUT2D eigenvalue weighted by Gasteiger charge is -1.99. The molecule has 20 heavy (non-hydrogen) atoms. The Morgan fingerprint density at radius 3 is 2.20 bits per heavy atom. The van der Waals surface area contributed by atoms with Crippen molar-refractivity contribution in [2.24, 2.45) is 5.73 Å². The molecule has 3 heteroatoms. The molecule has 0 radical (unpaired) electrons. The zero-order valence-corrected chi connectivity index (χ0v) is 11.9. The van der Waals surface area contributed by atoms with E-state index in [1.54, 1.807) is 11.3 Å². The van der Waals surface area contributed by atoms with Crippen LogP contribution in [0.1, 0.15) is 15.4 Å². The fraction of sp³-hybridized carbons (Fsp3) is 0.118. The number of thiazole rings is 1. The highest BCUT2D eigenvalue weighted by Gasteiger charge is 2.11. The third-order valence-electron chi connectivity index (χ3n) is 3.17. The van der Waals surface area contributed by atoms with E-state index >= 15 is 0 Å². The van der Waals surface area contributed by atoms with Crippen molar-refractivity contribution in [3.63, 3.8) is 0 Å². The van der Waals surface area contributed by atoms with Gasteiger partial charge in [0, 0.05) is 23.4 Å². The largest absolute Gasteiger partial charge is 0.326 e. The second-order valence-corrected chi connectivity index (χ2v) is 5.78. The third kappa shape index (κ3) is 2.79. The minimum absolute atomic E-state index is 0.538. The molecule has 0 unspecified atom stereocenters. The Kier molecular flexibility index (Phi) is 3.90. The summed E-state index contributed by atoms with van der Waals surface area (Å²) in [6.45, 7) is 0.538. The van der Waals surface area contributed by atoms with E-state index < -0.39 is 0 Å². The SMILES string of the molecule is NCc1sc(Cc2ccccc2)nc1-c1ccccc1. The molecule has 0 fully saturated rings. The van der Waals surface area contributed by atoms with Crippen LogP contribution >= 0.6 is 11.3 Å². The van der Waals surface area contributed by atoms with Crippen molar-refractivity contribution in [3.8, 4) is 11.3 Å². The predicted octanol–water partition coefficient (Wildman–Crippen LogP) is 3.86. The van der Waals surface area contributed by atoms with Crippen molar-refractivity contribution < 1.29 is 0 Å². The summed E-state index contributed by atoms with van der Waals surface area (Å²) in [6.07, 6.45) is 0.866. The number of rotatable bonds is 4. The molecule has 0 bridgehead atoms. The summed E-state index contributed by atoms with van der Waals surface area (Å²) in [5.74, 6) is 0. The van der Waals surface area contributed by atoms with Gasteiger partial charge >= 0.3 is 0 Å². The van der Waals surface area contributed by atoms with Gasteiger partial charge in [0.1, 0.15) is 0 Å². The van der Waals surface area contributed by atoms with E-state index in [4.69, 9.17) is 10.7 Å². The van der Waals surface area contributed by atoms with Crippen LogP contribution in [0.25, 0.3) is 11.3 Å². The van der Waals surface area contributed by atoms with E-state index in [9.17, 15) is 0 Å². The molecule has 0 amide bonds. The minimum atomic E-state index is 0.538. The molecule has 2 N–H and O–H groups in total. The van der Waals surface area contributed by atoms with Crippen LogP contribution in [0.3, 0.4) is 0 Å². The van der Waals surface area contributed by atoms with Gasteiger partial charge in [0.15, 0.2) is 0 Å². The Labute approximate surface area is 122 Å². The van der Waals surface area contributed by atoms with Crippen LogP contribution in [0.2, 0.25) is 0 Å². The molecule has 1 heterocycles. The van der Waals surface area contributed by atoms with E-state index in [1.165, 1.54) is 5.56 Å². The smallest absolute Gasteiger partial charge is 0.0979 e. The first kappa shape index (κ1) is 13.0. The Hall–Kier alpha value is -1.97. The maximum atomic E-state index is 5.87. The van der Waals surface area contributed by atoms with Crippen molar-refractivity contribution >= 4 is 11.3 Å². The number of hydrogen-bond acceptors (Lipinski definition) is 3. The zero-order valence-electron chi connectivity index (χ0n) is 11.1. The number of nitrogens with zero attached hydrogens (tertiary/aromatic N) is 1. The van der Waals surface area contributed by atoms with Gasteiger partial charge in [-0.1, -0.05) is 60.7 Å². The highest BCUT2D eigenvalue weighted by Crippen LogP contribution is 2.29. The van der Waals surface area contributed by atoms with Crippen LogP contribution in [0.5, 0.6) is 0 Å². The standard InChI is InChI=1S/C17H16N2S/c18-12-15-17(14-9-5-2-6-10-14)19-16(20-15)11-13-7-3-1-4-8-13/h1-10H,11-12,18H2. The fourth-order valence-corrected chi connectivity index (χ4v) is 3.21. The Morgan fingerprint density at radius 1 is 0.900 bits per heavy atom. The van der Waals surface area contributed by atoms with E-state index in [0.717, 1.165) is 27.6 Å². The van der Waals surface area contributed by atoms with E-state index in [-0.39, 0.29) is 0 Å². The topological polar surface area (TPSA) is 38.9 Å². The van der Waals surface area contributed by atoms with Gasteiger partial charge in [-0.2, -0.15) is 0 Å². The fourth-order valence-electron chi connectivity index (χ4n) is 2.21. The van der Waals surface area contributed by atoms with Crippen molar-refractivity contribution in [2.45, 2.75) is 13.0 Å². The molecular formula is C17H16N2S. The number of benzene rings is 2. The lowest BCUT2D eigenvalue weighted by molar-refractivity contribution is 1.09. The lowest BCUT2D eigenvalue weighted by Crippen LogP contribution is -1.95. The Balaban J connectivity index is 1.93. The summed E-state index contributed by atoms with van der Waals surface area (Å²) >= 11 is 1.71. The highest BCUT2D eigenvalue weighted by atomic mass is 32.1. The van der Waals surface area contributed by atoms with Gasteiger partial charge in [-0.3, -0.25) is 0 Å². The molecule has 0 atom stereocenters. The Bertz CT molecular complexity index is 675. The van der Waals surface area contributed by atoms with Crippen LogP contribution in [-0.4, -0.2) is 4.98 Å². The summed E-state index contributed by atoms with van der Waals surface area (Å²) in [5, 5.41) is 1.12. The third-order valence-corrected chi connectivity index (χ3v) is 4.25. The summed E-state index contributed by atoms with van der Waals surface area (Å²) in [7, 11) is 0. The lowest BCUT2D eigenvalue weighted by atomic mass is 10.1. The maximum Gasteiger partial charge on any atom is 0.0979 e. The highest BCUT2D eigenvalue weighted by molar-refractivity contribution is 7.12. The molecule has 0 saturated heterocycles. The first-order valence-corrected chi connectivity index (χ1v) is 7.46. The average Bonchev–Trinajstić information content (AvgIpc) is 2.92. The summed E-state index contributed by atoms with van der Waals surface area (Å²) in [4.78, 5) is 5.94. The number of hydrogen-bond donors (Lipinski definition) is 1. The number of nitrogens with two attached hydrogens (primary N) is 1. The van der Waals surface area contributed by atoms with Crippen LogP contribution in [0, 0.1) is 0 Å². The van der Waals surface area contributed by atoms with Gasteiger partial charge in [0.25, 0.3) is 0 Å². The Morgan fingerprint density at radius 2 is 1.55 bits per heavy atom.